The van der Waals surface area contributed by atoms with Crippen LogP contribution in [0.1, 0.15) is 35.6 Å². The van der Waals surface area contributed by atoms with Gasteiger partial charge < -0.3 is 15.1 Å². The van der Waals surface area contributed by atoms with E-state index < -0.39 is 6.04 Å². The van der Waals surface area contributed by atoms with Crippen LogP contribution in [-0.2, 0) is 4.79 Å². The summed E-state index contributed by atoms with van der Waals surface area (Å²) in [6, 6.07) is 9.06. The molecule has 0 aliphatic carbocycles. The third-order valence-corrected chi connectivity index (χ3v) is 4.62. The molecular weight excluding hydrogens is 344 g/mol. The van der Waals surface area contributed by atoms with Crippen LogP contribution in [0.4, 0.5) is 11.6 Å². The molecule has 138 valence electrons. The number of nitrogens with zero attached hydrogens (tertiary/aromatic N) is 4. The summed E-state index contributed by atoms with van der Waals surface area (Å²) in [5.41, 5.74) is 4.09. The molecule has 8 heteroatoms. The third kappa shape index (κ3) is 2.99. The van der Waals surface area contributed by atoms with Gasteiger partial charge in [0.05, 0.1) is 5.57 Å². The second kappa shape index (κ2) is 6.39. The molecule has 27 heavy (non-hydrogen) atoms. The first-order chi connectivity index (χ1) is 12.9. The molecule has 8 nitrogen and oxygen atoms in total. The van der Waals surface area contributed by atoms with Gasteiger partial charge in [-0.2, -0.15) is 4.68 Å². The fourth-order valence-electron chi connectivity index (χ4n) is 3.31. The number of rotatable bonds is 3. The Hall–Kier alpha value is -3.42. The summed E-state index contributed by atoms with van der Waals surface area (Å²) in [7, 11) is 0. The predicted octanol–water partition coefficient (Wildman–Crippen LogP) is 3.12. The maximum Gasteiger partial charge on any atom is 0.256 e. The number of carbonyl (C=O) groups is 1. The quantitative estimate of drug-likeness (QED) is 0.741. The Labute approximate surface area is 156 Å². The van der Waals surface area contributed by atoms with Crippen molar-refractivity contribution in [2.45, 2.75) is 33.7 Å². The van der Waals surface area contributed by atoms with E-state index in [9.17, 15) is 4.79 Å². The first-order valence-corrected chi connectivity index (χ1v) is 8.64. The van der Waals surface area contributed by atoms with E-state index in [1.165, 1.54) is 0 Å². The normalized spacial score (nSPS) is 16.1. The molecule has 3 aromatic rings. The number of benzene rings is 1. The monoisotopic (exact) mass is 364 g/mol. The van der Waals surface area contributed by atoms with Crippen molar-refractivity contribution in [3.05, 3.63) is 64.2 Å². The van der Waals surface area contributed by atoms with Crippen molar-refractivity contribution in [2.75, 3.05) is 10.6 Å². The maximum absolute atomic E-state index is 13.2. The third-order valence-electron chi connectivity index (χ3n) is 4.62. The van der Waals surface area contributed by atoms with Gasteiger partial charge in [-0.15, -0.1) is 0 Å². The van der Waals surface area contributed by atoms with Gasteiger partial charge in [-0.1, -0.05) is 22.8 Å². The first-order valence-electron chi connectivity index (χ1n) is 8.64. The van der Waals surface area contributed by atoms with Crippen molar-refractivity contribution in [3.8, 4) is 0 Å². The highest BCUT2D eigenvalue weighted by atomic mass is 16.3. The van der Waals surface area contributed by atoms with Crippen LogP contribution in [0.2, 0.25) is 0 Å². The molecule has 1 amide bonds. The van der Waals surface area contributed by atoms with Gasteiger partial charge >= 0.3 is 0 Å². The summed E-state index contributed by atoms with van der Waals surface area (Å²) in [6.45, 7) is 7.68. The van der Waals surface area contributed by atoms with E-state index in [0.29, 0.717) is 23.0 Å². The second-order valence-electron chi connectivity index (χ2n) is 6.73. The van der Waals surface area contributed by atoms with Crippen molar-refractivity contribution in [3.63, 3.8) is 0 Å². The highest BCUT2D eigenvalue weighted by Crippen LogP contribution is 2.35. The number of carbonyl (C=O) groups excluding carboxylic acids is 1. The number of amides is 1. The summed E-state index contributed by atoms with van der Waals surface area (Å²) in [6.07, 6.45) is 0. The number of fused-ring (bicyclic) bond motifs is 1. The highest BCUT2D eigenvalue weighted by Gasteiger charge is 2.36. The molecule has 1 atom stereocenters. The fraction of sp³-hybridized carbons (Fsp3) is 0.263. The number of allylic oxidation sites excluding steroid dienone is 1. The zero-order valence-corrected chi connectivity index (χ0v) is 15.6. The van der Waals surface area contributed by atoms with E-state index in [-0.39, 0.29) is 5.91 Å². The van der Waals surface area contributed by atoms with Gasteiger partial charge in [0, 0.05) is 11.4 Å². The Morgan fingerprint density at radius 2 is 2.00 bits per heavy atom. The smallest absolute Gasteiger partial charge is 0.256 e. The standard InChI is InChI=1S/C19H20N6O2/c1-10-5-7-14(11(2)9-10)21-18(26)16-13(4)20-19-22-23-24-25(19)17(16)15-8-6-12(3)27-15/h5-9,17H,1-4H3,(H,21,26)(H,20,22,24)/t17-/m1/s1. The minimum atomic E-state index is -0.546. The van der Waals surface area contributed by atoms with Crippen LogP contribution in [0.25, 0.3) is 0 Å². The molecule has 4 rings (SSSR count). The number of aryl methyl sites for hydroxylation is 3. The average Bonchev–Trinajstić information content (AvgIpc) is 3.24. The van der Waals surface area contributed by atoms with E-state index in [1.54, 1.807) is 4.68 Å². The summed E-state index contributed by atoms with van der Waals surface area (Å²) >= 11 is 0. The van der Waals surface area contributed by atoms with Crippen molar-refractivity contribution in [1.29, 1.82) is 0 Å². The van der Waals surface area contributed by atoms with Crippen molar-refractivity contribution in [1.82, 2.24) is 20.2 Å². The van der Waals surface area contributed by atoms with Gasteiger partial charge in [-0.25, -0.2) is 0 Å². The molecule has 3 heterocycles. The van der Waals surface area contributed by atoms with Crippen molar-refractivity contribution in [2.24, 2.45) is 0 Å². The Balaban J connectivity index is 1.75. The van der Waals surface area contributed by atoms with Crippen LogP contribution in [0.15, 0.2) is 46.0 Å². The second-order valence-corrected chi connectivity index (χ2v) is 6.73. The van der Waals surface area contributed by atoms with E-state index in [1.807, 2.05) is 58.0 Å². The molecule has 0 radical (unpaired) electrons. The largest absolute Gasteiger partial charge is 0.464 e. The van der Waals surface area contributed by atoms with Crippen LogP contribution >= 0.6 is 0 Å². The van der Waals surface area contributed by atoms with E-state index in [2.05, 4.69) is 26.2 Å². The van der Waals surface area contributed by atoms with Gasteiger partial charge in [0.25, 0.3) is 5.91 Å². The Kier molecular flexibility index (Phi) is 4.02. The Morgan fingerprint density at radius 3 is 2.70 bits per heavy atom. The maximum atomic E-state index is 13.2. The van der Waals surface area contributed by atoms with Gasteiger partial charge in [0.15, 0.2) is 0 Å². The van der Waals surface area contributed by atoms with Crippen molar-refractivity contribution < 1.29 is 9.21 Å². The lowest BCUT2D eigenvalue weighted by Gasteiger charge is -2.26. The van der Waals surface area contributed by atoms with Crippen LogP contribution in [0, 0.1) is 20.8 Å². The molecular formula is C19H20N6O2. The number of nitrogens with one attached hydrogen (secondary N) is 2. The number of anilines is 2. The lowest BCUT2D eigenvalue weighted by atomic mass is 9.99. The number of hydrogen-bond acceptors (Lipinski definition) is 6. The molecule has 0 bridgehead atoms. The SMILES string of the molecule is CC1=C(C(=O)Nc2ccc(C)cc2C)[C@@H](c2ccc(C)o2)n2nnnc2N1. The first kappa shape index (κ1) is 17.0. The topological polar surface area (TPSA) is 97.9 Å². The highest BCUT2D eigenvalue weighted by molar-refractivity contribution is 6.06. The molecule has 2 aromatic heterocycles. The minimum absolute atomic E-state index is 0.229. The molecule has 0 fully saturated rings. The molecule has 1 aliphatic heterocycles. The lowest BCUT2D eigenvalue weighted by Crippen LogP contribution is -2.31. The van der Waals surface area contributed by atoms with Crippen LogP contribution in [0.3, 0.4) is 0 Å². The number of tetrazole rings is 1. The molecule has 0 spiro atoms. The zero-order chi connectivity index (χ0) is 19.1. The van der Waals surface area contributed by atoms with E-state index in [4.69, 9.17) is 4.42 Å². The summed E-state index contributed by atoms with van der Waals surface area (Å²) in [4.78, 5) is 13.2. The molecule has 1 aromatic carbocycles. The molecule has 2 N–H and O–H groups in total. The van der Waals surface area contributed by atoms with Crippen LogP contribution in [0.5, 0.6) is 0 Å². The van der Waals surface area contributed by atoms with E-state index in [0.717, 1.165) is 22.6 Å². The number of hydrogen-bond donors (Lipinski definition) is 2. The summed E-state index contributed by atoms with van der Waals surface area (Å²) in [5.74, 6) is 1.60. The zero-order valence-electron chi connectivity index (χ0n) is 15.6. The molecule has 1 aliphatic rings. The van der Waals surface area contributed by atoms with Gasteiger partial charge in [0.2, 0.25) is 5.95 Å². The van der Waals surface area contributed by atoms with Crippen molar-refractivity contribution >= 4 is 17.5 Å². The van der Waals surface area contributed by atoms with Crippen LogP contribution < -0.4 is 10.6 Å². The number of aromatic nitrogens is 4. The minimum Gasteiger partial charge on any atom is -0.464 e. The average molecular weight is 364 g/mol. The van der Waals surface area contributed by atoms with Gasteiger partial charge in [0.1, 0.15) is 17.6 Å². The van der Waals surface area contributed by atoms with Crippen LogP contribution in [-0.4, -0.2) is 26.1 Å². The summed E-state index contributed by atoms with van der Waals surface area (Å²) in [5, 5.41) is 17.8. The molecule has 0 unspecified atom stereocenters. The fourth-order valence-corrected chi connectivity index (χ4v) is 3.31. The predicted molar refractivity (Wildman–Crippen MR) is 100 cm³/mol. The van der Waals surface area contributed by atoms with Gasteiger partial charge in [-0.05, 0) is 61.9 Å². The van der Waals surface area contributed by atoms with E-state index >= 15 is 0 Å². The lowest BCUT2D eigenvalue weighted by molar-refractivity contribution is -0.113. The summed E-state index contributed by atoms with van der Waals surface area (Å²) < 4.78 is 7.37. The molecule has 0 saturated carbocycles. The Bertz CT molecular complexity index is 1060. The Morgan fingerprint density at radius 1 is 1.19 bits per heavy atom. The number of furan rings is 1. The molecule has 0 saturated heterocycles. The van der Waals surface area contributed by atoms with Gasteiger partial charge in [-0.3, -0.25) is 4.79 Å².